The standard InChI is InChI=1S/C18H21N3O3/c1-4-11-20(12-5-2)15(22)13-21-16(23)18(3,19-17(21)24)14-9-7-6-8-10-14/h4-10H,1-2,11-13H2,3H3,(H,19,24)/t18-/m1/s1. The molecule has 1 N–H and O–H groups in total. The van der Waals surface area contributed by atoms with Crippen molar-refractivity contribution in [3.63, 3.8) is 0 Å². The maximum absolute atomic E-state index is 12.7. The summed E-state index contributed by atoms with van der Waals surface area (Å²) in [4.78, 5) is 39.8. The van der Waals surface area contributed by atoms with Crippen molar-refractivity contribution in [3.05, 3.63) is 61.2 Å². The first-order valence-electron chi connectivity index (χ1n) is 7.63. The van der Waals surface area contributed by atoms with Crippen molar-refractivity contribution in [1.82, 2.24) is 15.1 Å². The van der Waals surface area contributed by atoms with E-state index in [1.54, 1.807) is 43.3 Å². The second-order valence-corrected chi connectivity index (χ2v) is 5.69. The van der Waals surface area contributed by atoms with Gasteiger partial charge in [-0.15, -0.1) is 13.2 Å². The first-order chi connectivity index (χ1) is 11.4. The lowest BCUT2D eigenvalue weighted by molar-refractivity contribution is -0.138. The topological polar surface area (TPSA) is 69.7 Å². The Morgan fingerprint density at radius 3 is 2.33 bits per heavy atom. The van der Waals surface area contributed by atoms with E-state index in [4.69, 9.17) is 0 Å². The van der Waals surface area contributed by atoms with Crippen LogP contribution in [0.3, 0.4) is 0 Å². The molecule has 126 valence electrons. The molecule has 1 aromatic rings. The SMILES string of the molecule is C=CCN(CC=C)C(=O)CN1C(=O)N[C@](C)(c2ccccc2)C1=O. The molecule has 6 nitrogen and oxygen atoms in total. The predicted octanol–water partition coefficient (Wildman–Crippen LogP) is 1.65. The quantitative estimate of drug-likeness (QED) is 0.611. The van der Waals surface area contributed by atoms with Crippen molar-refractivity contribution in [2.45, 2.75) is 12.5 Å². The van der Waals surface area contributed by atoms with Crippen LogP contribution >= 0.6 is 0 Å². The van der Waals surface area contributed by atoms with Crippen LogP contribution in [0.1, 0.15) is 12.5 Å². The van der Waals surface area contributed by atoms with Crippen LogP contribution in [0, 0.1) is 0 Å². The number of carbonyl (C=O) groups excluding carboxylic acids is 3. The first-order valence-corrected chi connectivity index (χ1v) is 7.63. The number of nitrogens with zero attached hydrogens (tertiary/aromatic N) is 2. The number of nitrogens with one attached hydrogen (secondary N) is 1. The molecule has 1 aliphatic rings. The highest BCUT2D eigenvalue weighted by molar-refractivity contribution is 6.09. The fraction of sp³-hybridized carbons (Fsp3) is 0.278. The average molecular weight is 327 g/mol. The van der Waals surface area contributed by atoms with E-state index in [0.29, 0.717) is 18.7 Å². The van der Waals surface area contributed by atoms with Crippen LogP contribution in [-0.2, 0) is 15.1 Å². The smallest absolute Gasteiger partial charge is 0.325 e. The third-order valence-corrected chi connectivity index (χ3v) is 3.97. The Kier molecular flexibility index (Phi) is 5.18. The molecule has 0 unspecified atom stereocenters. The third-order valence-electron chi connectivity index (χ3n) is 3.97. The number of hydrogen-bond acceptors (Lipinski definition) is 3. The Morgan fingerprint density at radius 2 is 1.79 bits per heavy atom. The maximum Gasteiger partial charge on any atom is 0.325 e. The van der Waals surface area contributed by atoms with E-state index in [-0.39, 0.29) is 12.5 Å². The lowest BCUT2D eigenvalue weighted by atomic mass is 9.92. The van der Waals surface area contributed by atoms with Crippen LogP contribution in [0.2, 0.25) is 0 Å². The first kappa shape index (κ1) is 17.5. The summed E-state index contributed by atoms with van der Waals surface area (Å²) in [5.74, 6) is -0.778. The van der Waals surface area contributed by atoms with Crippen molar-refractivity contribution < 1.29 is 14.4 Å². The molecule has 2 rings (SSSR count). The van der Waals surface area contributed by atoms with Crippen LogP contribution in [0.4, 0.5) is 4.79 Å². The summed E-state index contributed by atoms with van der Waals surface area (Å²) in [6.07, 6.45) is 3.17. The largest absolute Gasteiger partial charge is 0.334 e. The molecule has 1 fully saturated rings. The minimum absolute atomic E-state index is 0.311. The van der Waals surface area contributed by atoms with Crippen LogP contribution < -0.4 is 5.32 Å². The molecule has 1 saturated heterocycles. The Bertz CT molecular complexity index is 661. The summed E-state index contributed by atoms with van der Waals surface area (Å²) in [6.45, 7) is 9.18. The third kappa shape index (κ3) is 3.22. The van der Waals surface area contributed by atoms with Crippen LogP contribution in [0.15, 0.2) is 55.6 Å². The number of amides is 4. The van der Waals surface area contributed by atoms with E-state index in [0.717, 1.165) is 4.90 Å². The van der Waals surface area contributed by atoms with Gasteiger partial charge in [-0.1, -0.05) is 42.5 Å². The monoisotopic (exact) mass is 327 g/mol. The Hall–Kier alpha value is -2.89. The van der Waals surface area contributed by atoms with Gasteiger partial charge < -0.3 is 10.2 Å². The normalized spacial score (nSPS) is 19.8. The number of hydrogen-bond donors (Lipinski definition) is 1. The number of imide groups is 1. The molecule has 1 aromatic carbocycles. The summed E-state index contributed by atoms with van der Waals surface area (Å²) in [5.41, 5.74) is -0.493. The highest BCUT2D eigenvalue weighted by atomic mass is 16.2. The number of benzene rings is 1. The summed E-state index contributed by atoms with van der Waals surface area (Å²) < 4.78 is 0. The summed E-state index contributed by atoms with van der Waals surface area (Å²) in [7, 11) is 0. The van der Waals surface area contributed by atoms with E-state index >= 15 is 0 Å². The maximum atomic E-state index is 12.7. The van der Waals surface area contributed by atoms with Gasteiger partial charge in [0.05, 0.1) is 0 Å². The second kappa shape index (κ2) is 7.12. The van der Waals surface area contributed by atoms with E-state index in [1.165, 1.54) is 4.90 Å². The molecule has 1 atom stereocenters. The molecule has 0 aromatic heterocycles. The molecule has 6 heteroatoms. The van der Waals surface area contributed by atoms with E-state index in [9.17, 15) is 14.4 Å². The van der Waals surface area contributed by atoms with Gasteiger partial charge in [0, 0.05) is 13.1 Å². The minimum atomic E-state index is -1.17. The average Bonchev–Trinajstić information content (AvgIpc) is 2.79. The Morgan fingerprint density at radius 1 is 1.21 bits per heavy atom. The number of carbonyl (C=O) groups is 3. The predicted molar refractivity (Wildman–Crippen MR) is 91.0 cm³/mol. The highest BCUT2D eigenvalue weighted by Crippen LogP contribution is 2.28. The van der Waals surface area contributed by atoms with E-state index < -0.39 is 17.5 Å². The van der Waals surface area contributed by atoms with Crippen molar-refractivity contribution >= 4 is 17.8 Å². The molecule has 0 aliphatic carbocycles. The zero-order valence-corrected chi connectivity index (χ0v) is 13.7. The molecule has 1 heterocycles. The fourth-order valence-electron chi connectivity index (χ4n) is 2.63. The van der Waals surface area contributed by atoms with Gasteiger partial charge in [0.1, 0.15) is 12.1 Å². The molecular weight excluding hydrogens is 306 g/mol. The molecule has 1 aliphatic heterocycles. The van der Waals surface area contributed by atoms with Crippen molar-refractivity contribution in [3.8, 4) is 0 Å². The van der Waals surface area contributed by atoms with Crippen LogP contribution in [-0.4, -0.2) is 47.3 Å². The van der Waals surface area contributed by atoms with E-state index in [1.807, 2.05) is 6.07 Å². The molecule has 0 bridgehead atoms. The number of rotatable bonds is 7. The van der Waals surface area contributed by atoms with E-state index in [2.05, 4.69) is 18.5 Å². The van der Waals surface area contributed by atoms with Crippen molar-refractivity contribution in [2.24, 2.45) is 0 Å². The van der Waals surface area contributed by atoms with Gasteiger partial charge in [0.2, 0.25) is 5.91 Å². The highest BCUT2D eigenvalue weighted by Gasteiger charge is 2.49. The van der Waals surface area contributed by atoms with Gasteiger partial charge in [0.25, 0.3) is 5.91 Å². The number of urea groups is 1. The fourth-order valence-corrected chi connectivity index (χ4v) is 2.63. The molecule has 0 saturated carbocycles. The van der Waals surface area contributed by atoms with Crippen LogP contribution in [0.5, 0.6) is 0 Å². The zero-order chi connectivity index (χ0) is 17.7. The lowest BCUT2D eigenvalue weighted by Crippen LogP contribution is -2.44. The van der Waals surface area contributed by atoms with Gasteiger partial charge >= 0.3 is 6.03 Å². The molecule has 0 spiro atoms. The molecule has 0 radical (unpaired) electrons. The molecule has 4 amide bonds. The van der Waals surface area contributed by atoms with Gasteiger partial charge in [0.15, 0.2) is 0 Å². The van der Waals surface area contributed by atoms with Gasteiger partial charge in [-0.2, -0.15) is 0 Å². The lowest BCUT2D eigenvalue weighted by Gasteiger charge is -2.24. The van der Waals surface area contributed by atoms with Gasteiger partial charge in [-0.05, 0) is 12.5 Å². The summed E-state index contributed by atoms with van der Waals surface area (Å²) in [5, 5.41) is 2.68. The second-order valence-electron chi connectivity index (χ2n) is 5.69. The Labute approximate surface area is 141 Å². The molecular formula is C18H21N3O3. The van der Waals surface area contributed by atoms with Gasteiger partial charge in [-0.3, -0.25) is 14.5 Å². The molecule has 24 heavy (non-hydrogen) atoms. The van der Waals surface area contributed by atoms with Gasteiger partial charge in [-0.25, -0.2) is 4.79 Å². The Balaban J connectivity index is 2.19. The zero-order valence-electron chi connectivity index (χ0n) is 13.7. The van der Waals surface area contributed by atoms with Crippen molar-refractivity contribution in [2.75, 3.05) is 19.6 Å². The van der Waals surface area contributed by atoms with Crippen LogP contribution in [0.25, 0.3) is 0 Å². The summed E-state index contributed by atoms with van der Waals surface area (Å²) in [6, 6.07) is 8.39. The minimum Gasteiger partial charge on any atom is -0.334 e. The summed E-state index contributed by atoms with van der Waals surface area (Å²) >= 11 is 0. The van der Waals surface area contributed by atoms with Crippen molar-refractivity contribution in [1.29, 1.82) is 0 Å².